The van der Waals surface area contributed by atoms with Gasteiger partial charge in [-0.1, -0.05) is 60.7 Å². The van der Waals surface area contributed by atoms with Crippen LogP contribution in [0.4, 0.5) is 0 Å². The van der Waals surface area contributed by atoms with Gasteiger partial charge < -0.3 is 22.8 Å². The SMILES string of the molecule is CO[C@H]1O[C@H](CP(c2ccccc2)c2ccccc2)[C@@H](O[Si](C)(C)C)[C@H](O[Si](C)(C)C)[C@H]1O[Si](C)(C)C. The van der Waals surface area contributed by atoms with Crippen LogP contribution in [0.25, 0.3) is 0 Å². The maximum atomic E-state index is 6.96. The Hall–Kier alpha value is -0.679. The van der Waals surface area contributed by atoms with Gasteiger partial charge in [0.2, 0.25) is 0 Å². The summed E-state index contributed by atoms with van der Waals surface area (Å²) in [6.07, 6.45) is -0.695. The highest BCUT2D eigenvalue weighted by atomic mass is 31.1. The Morgan fingerprint density at radius 2 is 1.03 bits per heavy atom. The summed E-state index contributed by atoms with van der Waals surface area (Å²) in [5, 5.41) is 2.66. The summed E-state index contributed by atoms with van der Waals surface area (Å²) in [5.41, 5.74) is 0. The lowest BCUT2D eigenvalue weighted by Gasteiger charge is -2.51. The van der Waals surface area contributed by atoms with E-state index in [2.05, 4.69) is 120 Å². The fraction of sp³-hybridized carbons (Fsp3) is 0.571. The molecular formula is C28H47O5PSi3. The Bertz CT molecular complexity index is 920. The summed E-state index contributed by atoms with van der Waals surface area (Å²) in [4.78, 5) is 0. The first-order valence-electron chi connectivity index (χ1n) is 13.3. The van der Waals surface area contributed by atoms with Crippen molar-refractivity contribution in [2.75, 3.05) is 13.3 Å². The first-order chi connectivity index (χ1) is 17.2. The van der Waals surface area contributed by atoms with Gasteiger partial charge in [0.1, 0.15) is 12.2 Å². The molecule has 2 aromatic rings. The van der Waals surface area contributed by atoms with Gasteiger partial charge in [0.25, 0.3) is 0 Å². The summed E-state index contributed by atoms with van der Waals surface area (Å²) in [6, 6.07) is 21.6. The van der Waals surface area contributed by atoms with E-state index in [0.29, 0.717) is 0 Å². The summed E-state index contributed by atoms with van der Waals surface area (Å²) < 4.78 is 33.4. The van der Waals surface area contributed by atoms with Gasteiger partial charge >= 0.3 is 0 Å². The second-order valence-corrected chi connectivity index (χ2v) is 28.3. The number of hydrogen-bond acceptors (Lipinski definition) is 5. The molecular weight excluding hydrogens is 532 g/mol. The molecule has 0 amide bonds. The minimum absolute atomic E-state index is 0.189. The van der Waals surface area contributed by atoms with Gasteiger partial charge in [-0.3, -0.25) is 0 Å². The van der Waals surface area contributed by atoms with Crippen molar-refractivity contribution >= 4 is 43.5 Å². The second-order valence-electron chi connectivity index (χ2n) is 12.6. The molecule has 0 unspecified atom stereocenters. The summed E-state index contributed by atoms with van der Waals surface area (Å²) in [7, 11) is -4.81. The molecule has 0 aromatic heterocycles. The Morgan fingerprint density at radius 3 is 1.43 bits per heavy atom. The topological polar surface area (TPSA) is 46.2 Å². The molecule has 0 spiro atoms. The van der Waals surface area contributed by atoms with Crippen molar-refractivity contribution in [3.05, 3.63) is 60.7 Å². The Labute approximate surface area is 229 Å². The normalized spacial score (nSPS) is 25.4. The molecule has 0 radical (unpaired) electrons. The van der Waals surface area contributed by atoms with Crippen molar-refractivity contribution in [1.82, 2.24) is 0 Å². The fourth-order valence-electron chi connectivity index (χ4n) is 4.60. The van der Waals surface area contributed by atoms with Crippen molar-refractivity contribution in [3.8, 4) is 0 Å². The van der Waals surface area contributed by atoms with E-state index in [1.165, 1.54) is 10.6 Å². The minimum atomic E-state index is -1.96. The number of hydrogen-bond donors (Lipinski definition) is 0. The highest BCUT2D eigenvalue weighted by Crippen LogP contribution is 2.41. The van der Waals surface area contributed by atoms with E-state index in [0.717, 1.165) is 6.16 Å². The summed E-state index contributed by atoms with van der Waals surface area (Å²) in [5.74, 6) is 0. The number of ether oxygens (including phenoxy) is 2. The van der Waals surface area contributed by atoms with Crippen molar-refractivity contribution in [3.63, 3.8) is 0 Å². The second kappa shape index (κ2) is 12.7. The quantitative estimate of drug-likeness (QED) is 0.236. The predicted molar refractivity (Wildman–Crippen MR) is 164 cm³/mol. The maximum Gasteiger partial charge on any atom is 0.185 e. The zero-order chi connectivity index (χ0) is 27.4. The maximum absolute atomic E-state index is 6.96. The molecule has 1 aliphatic heterocycles. The van der Waals surface area contributed by atoms with Crippen LogP contribution in [0.5, 0.6) is 0 Å². The van der Waals surface area contributed by atoms with E-state index < -0.39 is 39.2 Å². The molecule has 3 rings (SSSR count). The fourth-order valence-corrected chi connectivity index (χ4v) is 10.3. The van der Waals surface area contributed by atoms with Gasteiger partial charge in [0.15, 0.2) is 31.2 Å². The standard InChI is InChI=1S/C28H47O5PSi3/c1-29-28-27(33-37(8,9)10)26(32-36(5,6)7)25(31-35(2,3)4)24(30-28)21-34(22-17-13-11-14-18-22)23-19-15-12-16-20-23/h11-20,24-28H,21H2,1-10H3/t24-,25-,26+,27-,28+/m1/s1. The van der Waals surface area contributed by atoms with Crippen LogP contribution in [-0.2, 0) is 22.8 Å². The number of benzene rings is 2. The molecule has 9 heteroatoms. The number of methoxy groups -OCH3 is 1. The molecule has 0 saturated carbocycles. The Balaban J connectivity index is 2.08. The van der Waals surface area contributed by atoms with Gasteiger partial charge in [-0.05, 0) is 77.5 Å². The van der Waals surface area contributed by atoms with Crippen molar-refractivity contribution in [2.45, 2.75) is 89.6 Å². The smallest absolute Gasteiger partial charge is 0.185 e. The molecule has 5 nitrogen and oxygen atoms in total. The minimum Gasteiger partial charge on any atom is -0.409 e. The third-order valence-electron chi connectivity index (χ3n) is 5.79. The van der Waals surface area contributed by atoms with Gasteiger partial charge in [-0.2, -0.15) is 0 Å². The van der Waals surface area contributed by atoms with Gasteiger partial charge in [-0.15, -0.1) is 0 Å². The van der Waals surface area contributed by atoms with Crippen LogP contribution in [0, 0.1) is 0 Å². The first kappa shape index (κ1) is 30.9. The average Bonchev–Trinajstić information content (AvgIpc) is 2.79. The molecule has 1 heterocycles. The monoisotopic (exact) mass is 578 g/mol. The molecule has 1 saturated heterocycles. The lowest BCUT2D eigenvalue weighted by Crippen LogP contribution is -2.66. The zero-order valence-electron chi connectivity index (χ0n) is 24.4. The third kappa shape index (κ3) is 9.48. The van der Waals surface area contributed by atoms with Gasteiger partial charge in [0.05, 0.1) is 12.2 Å². The third-order valence-corrected chi connectivity index (χ3v) is 11.3. The lowest BCUT2D eigenvalue weighted by atomic mass is 10.00. The zero-order valence-corrected chi connectivity index (χ0v) is 28.3. The highest BCUT2D eigenvalue weighted by Gasteiger charge is 2.52. The van der Waals surface area contributed by atoms with Crippen molar-refractivity contribution in [1.29, 1.82) is 0 Å². The molecule has 5 atom stereocenters. The van der Waals surface area contributed by atoms with Crippen LogP contribution >= 0.6 is 7.92 Å². The molecule has 1 aliphatic rings. The van der Waals surface area contributed by atoms with Gasteiger partial charge in [0, 0.05) is 13.3 Å². The lowest BCUT2D eigenvalue weighted by molar-refractivity contribution is -0.274. The van der Waals surface area contributed by atoms with E-state index >= 15 is 0 Å². The van der Waals surface area contributed by atoms with Crippen LogP contribution in [-0.4, -0.2) is 68.9 Å². The van der Waals surface area contributed by atoms with Crippen LogP contribution in [0.2, 0.25) is 58.9 Å². The van der Waals surface area contributed by atoms with Gasteiger partial charge in [-0.25, -0.2) is 0 Å². The van der Waals surface area contributed by atoms with Crippen molar-refractivity contribution in [2.24, 2.45) is 0 Å². The van der Waals surface area contributed by atoms with Crippen LogP contribution in [0.1, 0.15) is 0 Å². The average molecular weight is 579 g/mol. The highest BCUT2D eigenvalue weighted by molar-refractivity contribution is 7.73. The van der Waals surface area contributed by atoms with E-state index in [1.807, 2.05) is 0 Å². The van der Waals surface area contributed by atoms with E-state index in [4.69, 9.17) is 22.8 Å². The molecule has 1 fully saturated rings. The van der Waals surface area contributed by atoms with Crippen LogP contribution in [0.3, 0.4) is 0 Å². The van der Waals surface area contributed by atoms with Crippen LogP contribution < -0.4 is 10.6 Å². The number of rotatable bonds is 11. The predicted octanol–water partition coefficient (Wildman–Crippen LogP) is 6.15. The summed E-state index contributed by atoms with van der Waals surface area (Å²) >= 11 is 0. The van der Waals surface area contributed by atoms with E-state index in [-0.39, 0.29) is 24.4 Å². The van der Waals surface area contributed by atoms with E-state index in [9.17, 15) is 0 Å². The molecule has 37 heavy (non-hydrogen) atoms. The molecule has 206 valence electrons. The molecule has 0 bridgehead atoms. The first-order valence-corrected chi connectivity index (χ1v) is 25.0. The molecule has 0 aliphatic carbocycles. The summed E-state index contributed by atoms with van der Waals surface area (Å²) in [6.45, 7) is 20.0. The molecule has 2 aromatic carbocycles. The Kier molecular flexibility index (Phi) is 10.6. The van der Waals surface area contributed by atoms with Crippen molar-refractivity contribution < 1.29 is 22.8 Å². The van der Waals surface area contributed by atoms with Crippen LogP contribution in [0.15, 0.2) is 60.7 Å². The van der Waals surface area contributed by atoms with E-state index in [1.54, 1.807) is 7.11 Å². The largest absolute Gasteiger partial charge is 0.409 e. The molecule has 0 N–H and O–H groups in total. The Morgan fingerprint density at radius 1 is 0.622 bits per heavy atom.